The Morgan fingerprint density at radius 2 is 1.91 bits per heavy atom. The number of hydrogen-bond acceptors (Lipinski definition) is 4. The molecule has 1 atom stereocenters. The van der Waals surface area contributed by atoms with E-state index in [0.717, 1.165) is 21.4 Å². The third-order valence-electron chi connectivity index (χ3n) is 3.15. The van der Waals surface area contributed by atoms with E-state index in [0.29, 0.717) is 5.02 Å². The molecule has 0 aromatic heterocycles. The van der Waals surface area contributed by atoms with Crippen LogP contribution in [-0.2, 0) is 0 Å². The van der Waals surface area contributed by atoms with Crippen LogP contribution in [0.1, 0.15) is 11.6 Å². The minimum atomic E-state index is -0.134. The zero-order valence-corrected chi connectivity index (χ0v) is 13.8. The topological polar surface area (TPSA) is 49.1 Å². The minimum absolute atomic E-state index is 0.134. The van der Waals surface area contributed by atoms with Crippen LogP contribution >= 0.6 is 27.5 Å². The van der Waals surface area contributed by atoms with Crippen LogP contribution in [0.3, 0.4) is 0 Å². The molecule has 6 heteroatoms. The monoisotopic (exact) mass is 374 g/mol. The number of nitrogens with zero attached hydrogens (tertiary/aromatic N) is 3. The van der Waals surface area contributed by atoms with E-state index in [9.17, 15) is 0 Å². The number of halogens is 2. The van der Waals surface area contributed by atoms with Crippen molar-refractivity contribution < 1.29 is 0 Å². The molecule has 1 aliphatic rings. The Labute approximate surface area is 141 Å². The third kappa shape index (κ3) is 3.43. The van der Waals surface area contributed by atoms with Gasteiger partial charge in [0.05, 0.1) is 16.4 Å². The van der Waals surface area contributed by atoms with Crippen LogP contribution in [-0.4, -0.2) is 6.21 Å². The molecule has 0 radical (unpaired) electrons. The highest BCUT2D eigenvalue weighted by molar-refractivity contribution is 9.10. The van der Waals surface area contributed by atoms with E-state index in [1.165, 1.54) is 0 Å². The van der Waals surface area contributed by atoms with Crippen molar-refractivity contribution in [1.29, 1.82) is 0 Å². The first kappa shape index (κ1) is 14.9. The van der Waals surface area contributed by atoms with Gasteiger partial charge in [-0.2, -0.15) is 5.11 Å². The van der Waals surface area contributed by atoms with Crippen LogP contribution in [0.4, 0.5) is 5.69 Å². The quantitative estimate of drug-likeness (QED) is 0.717. The second kappa shape index (κ2) is 6.85. The largest absolute Gasteiger partial charge is 0.262 e. The Bertz CT molecular complexity index is 753. The zero-order valence-electron chi connectivity index (χ0n) is 11.4. The summed E-state index contributed by atoms with van der Waals surface area (Å²) in [5, 5.41) is 8.72. The lowest BCUT2D eigenvalue weighted by Gasteiger charge is -2.07. The van der Waals surface area contributed by atoms with Crippen LogP contribution in [0.25, 0.3) is 0 Å². The van der Waals surface area contributed by atoms with Crippen LogP contribution in [0.5, 0.6) is 0 Å². The molecule has 4 nitrogen and oxygen atoms in total. The summed E-state index contributed by atoms with van der Waals surface area (Å²) in [6.45, 7) is 0. The summed E-state index contributed by atoms with van der Waals surface area (Å²) in [6, 6.07) is 15.3. The highest BCUT2D eigenvalue weighted by Gasteiger charge is 2.20. The molecule has 0 fully saturated rings. The standard InChI is InChI=1S/C16H12BrClN4/c17-12-7-5-11(6-8-12)16-15(20-22-21-16)9-10-19-14-4-2-1-3-13(14)18/h1-10,16H,(H,20,21)/b15-9-,19-10?. The predicted octanol–water partition coefficient (Wildman–Crippen LogP) is 5.40. The van der Waals surface area contributed by atoms with Gasteiger partial charge >= 0.3 is 0 Å². The van der Waals surface area contributed by atoms with E-state index < -0.39 is 0 Å². The van der Waals surface area contributed by atoms with Gasteiger partial charge in [-0.1, -0.05) is 57.0 Å². The lowest BCUT2D eigenvalue weighted by Crippen LogP contribution is -2.05. The predicted molar refractivity (Wildman–Crippen MR) is 92.6 cm³/mol. The van der Waals surface area contributed by atoms with Crippen molar-refractivity contribution in [3.63, 3.8) is 0 Å². The van der Waals surface area contributed by atoms with Crippen molar-refractivity contribution in [3.05, 3.63) is 75.4 Å². The molecule has 0 bridgehead atoms. The Kier molecular flexibility index (Phi) is 4.65. The molecule has 1 unspecified atom stereocenters. The van der Waals surface area contributed by atoms with Crippen molar-refractivity contribution in [2.24, 2.45) is 15.3 Å². The normalized spacial score (nSPS) is 19.0. The summed E-state index contributed by atoms with van der Waals surface area (Å²) < 4.78 is 1.03. The molecule has 0 saturated carbocycles. The summed E-state index contributed by atoms with van der Waals surface area (Å²) in [5.74, 6) is 0. The molecular weight excluding hydrogens is 364 g/mol. The van der Waals surface area contributed by atoms with Gasteiger partial charge < -0.3 is 0 Å². The summed E-state index contributed by atoms with van der Waals surface area (Å²) >= 11 is 9.49. The molecule has 0 amide bonds. The lowest BCUT2D eigenvalue weighted by atomic mass is 10.1. The number of allylic oxidation sites excluding steroid dienone is 1. The smallest absolute Gasteiger partial charge is 0.139 e. The molecule has 1 aliphatic heterocycles. The molecule has 0 saturated heterocycles. The molecule has 22 heavy (non-hydrogen) atoms. The molecule has 0 spiro atoms. The molecular formula is C16H12BrClN4. The zero-order chi connectivity index (χ0) is 15.4. The Morgan fingerprint density at radius 3 is 2.68 bits per heavy atom. The second-order valence-corrected chi connectivity index (χ2v) is 5.96. The van der Waals surface area contributed by atoms with E-state index in [1.807, 2.05) is 54.6 Å². The number of nitrogens with one attached hydrogen (secondary N) is 1. The van der Waals surface area contributed by atoms with Crippen molar-refractivity contribution in [2.45, 2.75) is 6.04 Å². The maximum atomic E-state index is 6.07. The van der Waals surface area contributed by atoms with Crippen molar-refractivity contribution in [2.75, 3.05) is 0 Å². The fourth-order valence-corrected chi connectivity index (χ4v) is 2.49. The Balaban J connectivity index is 1.79. The maximum absolute atomic E-state index is 6.07. The number of rotatable bonds is 3. The van der Waals surface area contributed by atoms with Gasteiger partial charge in [-0.05, 0) is 35.9 Å². The number of para-hydroxylation sites is 1. The SMILES string of the molecule is Clc1ccccc1N=C/C=C1\NN=NC1c1ccc(Br)cc1. The lowest BCUT2D eigenvalue weighted by molar-refractivity contribution is 0.859. The summed E-state index contributed by atoms with van der Waals surface area (Å²) in [4.78, 5) is 4.35. The fourth-order valence-electron chi connectivity index (χ4n) is 2.04. The molecule has 1 heterocycles. The van der Waals surface area contributed by atoms with E-state index in [-0.39, 0.29) is 6.04 Å². The Hall–Kier alpha value is -1.98. The molecule has 0 aliphatic carbocycles. The van der Waals surface area contributed by atoms with Gasteiger partial charge in [0.25, 0.3) is 0 Å². The molecule has 2 aromatic carbocycles. The van der Waals surface area contributed by atoms with Gasteiger partial charge in [0.15, 0.2) is 0 Å². The first-order chi connectivity index (χ1) is 10.7. The average Bonchev–Trinajstić information content (AvgIpc) is 2.98. The van der Waals surface area contributed by atoms with Crippen molar-refractivity contribution in [3.8, 4) is 0 Å². The number of hydrogen-bond donors (Lipinski definition) is 1. The molecule has 110 valence electrons. The van der Waals surface area contributed by atoms with Crippen molar-refractivity contribution in [1.82, 2.24) is 5.43 Å². The molecule has 2 aromatic rings. The van der Waals surface area contributed by atoms with Gasteiger partial charge in [-0.3, -0.25) is 10.4 Å². The van der Waals surface area contributed by atoms with Gasteiger partial charge in [0, 0.05) is 10.7 Å². The minimum Gasteiger partial charge on any atom is -0.262 e. The summed E-state index contributed by atoms with van der Waals surface area (Å²) in [6.07, 6.45) is 3.56. The van der Waals surface area contributed by atoms with Gasteiger partial charge in [-0.15, -0.1) is 0 Å². The molecule has 1 N–H and O–H groups in total. The Morgan fingerprint density at radius 1 is 1.14 bits per heavy atom. The van der Waals surface area contributed by atoms with Gasteiger partial charge in [0.2, 0.25) is 0 Å². The van der Waals surface area contributed by atoms with Crippen LogP contribution in [0.2, 0.25) is 5.02 Å². The van der Waals surface area contributed by atoms with E-state index >= 15 is 0 Å². The fraction of sp³-hybridized carbons (Fsp3) is 0.0625. The number of aliphatic imine (C=N–C) groups is 1. The molecule has 3 rings (SSSR count). The maximum Gasteiger partial charge on any atom is 0.139 e. The van der Waals surface area contributed by atoms with Crippen LogP contribution in [0, 0.1) is 0 Å². The van der Waals surface area contributed by atoms with E-state index in [4.69, 9.17) is 11.6 Å². The average molecular weight is 376 g/mol. The van der Waals surface area contributed by atoms with Gasteiger partial charge in [-0.25, -0.2) is 0 Å². The summed E-state index contributed by atoms with van der Waals surface area (Å²) in [7, 11) is 0. The second-order valence-electron chi connectivity index (χ2n) is 4.63. The van der Waals surface area contributed by atoms with E-state index in [1.54, 1.807) is 6.21 Å². The number of benzene rings is 2. The summed E-state index contributed by atoms with van der Waals surface area (Å²) in [5.41, 5.74) is 5.57. The van der Waals surface area contributed by atoms with E-state index in [2.05, 4.69) is 36.7 Å². The van der Waals surface area contributed by atoms with Crippen molar-refractivity contribution >= 4 is 39.4 Å². The first-order valence-corrected chi connectivity index (χ1v) is 7.81. The third-order valence-corrected chi connectivity index (χ3v) is 4.00. The first-order valence-electron chi connectivity index (χ1n) is 6.64. The van der Waals surface area contributed by atoms with Crippen LogP contribution < -0.4 is 5.43 Å². The van der Waals surface area contributed by atoms with Gasteiger partial charge in [0.1, 0.15) is 6.04 Å². The highest BCUT2D eigenvalue weighted by Crippen LogP contribution is 2.29. The highest BCUT2D eigenvalue weighted by atomic mass is 79.9. The van der Waals surface area contributed by atoms with Crippen LogP contribution in [0.15, 0.2) is 80.1 Å².